The molecule has 0 aromatic carbocycles. The average Bonchev–Trinajstić information content (AvgIpc) is 2.45. The zero-order chi connectivity index (χ0) is 14.4. The topological polar surface area (TPSA) is 79.8 Å². The van der Waals surface area contributed by atoms with Gasteiger partial charge in [0.15, 0.2) is 0 Å². The van der Waals surface area contributed by atoms with Gasteiger partial charge in [-0.2, -0.15) is 0 Å². The van der Waals surface area contributed by atoms with E-state index in [2.05, 4.69) is 32.5 Å². The fourth-order valence-corrected chi connectivity index (χ4v) is 1.61. The lowest BCUT2D eigenvalue weighted by Gasteiger charge is -2.06. The summed E-state index contributed by atoms with van der Waals surface area (Å²) in [5.41, 5.74) is 1.89. The maximum atomic E-state index is 12.0. The molecule has 2 N–H and O–H groups in total. The molecule has 2 heterocycles. The van der Waals surface area contributed by atoms with Gasteiger partial charge in [-0.1, -0.05) is 6.92 Å². The summed E-state index contributed by atoms with van der Waals surface area (Å²) >= 11 is 0. The largest absolute Gasteiger partial charge is 0.369 e. The van der Waals surface area contributed by atoms with E-state index in [1.165, 1.54) is 6.20 Å². The molecule has 2 rings (SSSR count). The lowest BCUT2D eigenvalue weighted by atomic mass is 10.3. The predicted octanol–water partition coefficient (Wildman–Crippen LogP) is 2.25. The van der Waals surface area contributed by atoms with Crippen LogP contribution in [0.1, 0.15) is 29.4 Å². The summed E-state index contributed by atoms with van der Waals surface area (Å²) in [5.74, 6) is 0.368. The Balaban J connectivity index is 2.02. The molecule has 2 aromatic heterocycles. The second kappa shape index (κ2) is 6.60. The van der Waals surface area contributed by atoms with Gasteiger partial charge in [0.2, 0.25) is 0 Å². The van der Waals surface area contributed by atoms with E-state index in [0.717, 1.165) is 18.5 Å². The lowest BCUT2D eigenvalue weighted by Crippen LogP contribution is -2.14. The number of hydrogen-bond donors (Lipinski definition) is 2. The number of nitrogens with zero attached hydrogens (tertiary/aromatic N) is 3. The Labute approximate surface area is 117 Å². The fourth-order valence-electron chi connectivity index (χ4n) is 1.61. The summed E-state index contributed by atoms with van der Waals surface area (Å²) in [5, 5.41) is 5.84. The first-order chi connectivity index (χ1) is 9.69. The van der Waals surface area contributed by atoms with Crippen LogP contribution in [0, 0.1) is 6.92 Å². The van der Waals surface area contributed by atoms with Crippen LogP contribution in [-0.4, -0.2) is 27.4 Å². The lowest BCUT2D eigenvalue weighted by molar-refractivity contribution is 0.102. The molecule has 104 valence electrons. The third-order valence-corrected chi connectivity index (χ3v) is 2.57. The first-order valence-corrected chi connectivity index (χ1v) is 6.48. The van der Waals surface area contributed by atoms with E-state index in [4.69, 9.17) is 0 Å². The molecule has 20 heavy (non-hydrogen) atoms. The van der Waals surface area contributed by atoms with Crippen molar-refractivity contribution in [3.63, 3.8) is 0 Å². The first kappa shape index (κ1) is 13.9. The summed E-state index contributed by atoms with van der Waals surface area (Å²) in [4.78, 5) is 24.2. The second-order valence-corrected chi connectivity index (χ2v) is 4.42. The number of rotatable bonds is 5. The van der Waals surface area contributed by atoms with Crippen molar-refractivity contribution in [1.82, 2.24) is 15.0 Å². The van der Waals surface area contributed by atoms with Gasteiger partial charge in [0.05, 0.1) is 24.3 Å². The maximum Gasteiger partial charge on any atom is 0.275 e. The highest BCUT2D eigenvalue weighted by Crippen LogP contribution is 2.09. The molecule has 2 aromatic rings. The van der Waals surface area contributed by atoms with Crippen LogP contribution in [0.5, 0.6) is 0 Å². The zero-order valence-electron chi connectivity index (χ0n) is 11.6. The van der Waals surface area contributed by atoms with E-state index < -0.39 is 0 Å². The molecule has 6 heteroatoms. The fraction of sp³-hybridized carbons (Fsp3) is 0.286. The molecular formula is C14H17N5O. The van der Waals surface area contributed by atoms with E-state index in [1.807, 2.05) is 13.0 Å². The summed E-state index contributed by atoms with van der Waals surface area (Å²) in [6.45, 7) is 4.81. The Bertz CT molecular complexity index is 582. The molecule has 0 aliphatic heterocycles. The zero-order valence-corrected chi connectivity index (χ0v) is 11.6. The maximum absolute atomic E-state index is 12.0. The minimum atomic E-state index is -0.299. The van der Waals surface area contributed by atoms with Crippen LogP contribution in [-0.2, 0) is 0 Å². The first-order valence-electron chi connectivity index (χ1n) is 6.48. The van der Waals surface area contributed by atoms with E-state index in [1.54, 1.807) is 18.6 Å². The van der Waals surface area contributed by atoms with Crippen molar-refractivity contribution in [3.05, 3.63) is 42.1 Å². The minimum absolute atomic E-state index is 0.272. The van der Waals surface area contributed by atoms with Gasteiger partial charge in [0, 0.05) is 12.7 Å². The smallest absolute Gasteiger partial charge is 0.275 e. The highest BCUT2D eigenvalue weighted by molar-refractivity contribution is 6.02. The summed E-state index contributed by atoms with van der Waals surface area (Å²) in [7, 11) is 0. The van der Waals surface area contributed by atoms with E-state index in [9.17, 15) is 4.79 Å². The Hall–Kier alpha value is -2.50. The number of pyridine rings is 1. The van der Waals surface area contributed by atoms with Crippen molar-refractivity contribution >= 4 is 17.4 Å². The highest BCUT2D eigenvalue weighted by Gasteiger charge is 2.08. The molecule has 6 nitrogen and oxygen atoms in total. The number of carbonyl (C=O) groups excluding carboxylic acids is 1. The molecule has 0 bridgehead atoms. The van der Waals surface area contributed by atoms with Gasteiger partial charge in [0.1, 0.15) is 11.5 Å². The molecule has 0 aliphatic carbocycles. The van der Waals surface area contributed by atoms with Gasteiger partial charge in [-0.05, 0) is 25.0 Å². The number of anilines is 2. The number of carbonyl (C=O) groups is 1. The van der Waals surface area contributed by atoms with Gasteiger partial charge in [-0.15, -0.1) is 0 Å². The summed E-state index contributed by atoms with van der Waals surface area (Å²) < 4.78 is 0. The monoisotopic (exact) mass is 271 g/mol. The van der Waals surface area contributed by atoms with Crippen molar-refractivity contribution < 1.29 is 4.79 Å². The third-order valence-electron chi connectivity index (χ3n) is 2.57. The second-order valence-electron chi connectivity index (χ2n) is 4.42. The van der Waals surface area contributed by atoms with E-state index in [0.29, 0.717) is 11.5 Å². The van der Waals surface area contributed by atoms with Crippen LogP contribution < -0.4 is 10.6 Å². The molecule has 0 unspecified atom stereocenters. The molecular weight excluding hydrogens is 254 g/mol. The Kier molecular flexibility index (Phi) is 4.60. The quantitative estimate of drug-likeness (QED) is 0.872. The van der Waals surface area contributed by atoms with Crippen molar-refractivity contribution in [2.24, 2.45) is 0 Å². The van der Waals surface area contributed by atoms with Crippen LogP contribution in [0.15, 0.2) is 30.9 Å². The van der Waals surface area contributed by atoms with Gasteiger partial charge >= 0.3 is 0 Å². The SMILES string of the molecule is CCCNc1cnc(C(=O)Nc2cncc(C)c2)cn1. The van der Waals surface area contributed by atoms with Crippen LogP contribution in [0.4, 0.5) is 11.5 Å². The average molecular weight is 271 g/mol. The van der Waals surface area contributed by atoms with Gasteiger partial charge < -0.3 is 10.6 Å². The van der Waals surface area contributed by atoms with Gasteiger partial charge in [-0.25, -0.2) is 9.97 Å². The van der Waals surface area contributed by atoms with E-state index in [-0.39, 0.29) is 11.6 Å². The number of hydrogen-bond acceptors (Lipinski definition) is 5. The molecule has 0 atom stereocenters. The van der Waals surface area contributed by atoms with Crippen molar-refractivity contribution in [2.45, 2.75) is 20.3 Å². The Morgan fingerprint density at radius 3 is 2.70 bits per heavy atom. The number of aryl methyl sites for hydroxylation is 1. The number of nitrogens with one attached hydrogen (secondary N) is 2. The molecule has 0 fully saturated rings. The Morgan fingerprint density at radius 2 is 2.05 bits per heavy atom. The van der Waals surface area contributed by atoms with E-state index >= 15 is 0 Å². The normalized spacial score (nSPS) is 10.1. The molecule has 0 aliphatic rings. The third kappa shape index (κ3) is 3.74. The van der Waals surface area contributed by atoms with Crippen LogP contribution in [0.3, 0.4) is 0 Å². The molecule has 1 amide bonds. The van der Waals surface area contributed by atoms with Gasteiger partial charge in [0.25, 0.3) is 5.91 Å². The van der Waals surface area contributed by atoms with Gasteiger partial charge in [-0.3, -0.25) is 9.78 Å². The van der Waals surface area contributed by atoms with Crippen molar-refractivity contribution in [3.8, 4) is 0 Å². The number of amides is 1. The predicted molar refractivity (Wildman–Crippen MR) is 77.7 cm³/mol. The molecule has 0 saturated heterocycles. The summed E-state index contributed by atoms with van der Waals surface area (Å²) in [6.07, 6.45) is 7.33. The van der Waals surface area contributed by atoms with Crippen molar-refractivity contribution in [1.29, 1.82) is 0 Å². The Morgan fingerprint density at radius 1 is 1.20 bits per heavy atom. The van der Waals surface area contributed by atoms with Crippen LogP contribution in [0.25, 0.3) is 0 Å². The molecule has 0 spiro atoms. The number of aromatic nitrogens is 3. The standard InChI is InChI=1S/C14H17N5O/c1-3-4-16-13-9-17-12(8-18-13)14(20)19-11-5-10(2)6-15-7-11/h5-9H,3-4H2,1-2H3,(H,16,18)(H,19,20). The van der Waals surface area contributed by atoms with Crippen LogP contribution in [0.2, 0.25) is 0 Å². The van der Waals surface area contributed by atoms with Crippen LogP contribution >= 0.6 is 0 Å². The highest BCUT2D eigenvalue weighted by atomic mass is 16.1. The molecule has 0 radical (unpaired) electrons. The van der Waals surface area contributed by atoms with Crippen molar-refractivity contribution in [2.75, 3.05) is 17.2 Å². The summed E-state index contributed by atoms with van der Waals surface area (Å²) in [6, 6.07) is 1.84. The molecule has 0 saturated carbocycles. The minimum Gasteiger partial charge on any atom is -0.369 e.